The van der Waals surface area contributed by atoms with E-state index in [-0.39, 0.29) is 21.9 Å². The van der Waals surface area contributed by atoms with Gasteiger partial charge >= 0.3 is 0 Å². The number of aryl methyl sites for hydroxylation is 2. The Bertz CT molecular complexity index is 877. The molecule has 0 bridgehead atoms. The molecule has 0 saturated heterocycles. The minimum Gasteiger partial charge on any atom is -0.507 e. The van der Waals surface area contributed by atoms with Gasteiger partial charge in [-0.2, -0.15) is 18.4 Å². The van der Waals surface area contributed by atoms with E-state index >= 15 is 0 Å². The van der Waals surface area contributed by atoms with Crippen LogP contribution >= 0.6 is 0 Å². The number of hydrazone groups is 1. The molecule has 2 aromatic rings. The maximum atomic E-state index is 13.2. The largest absolute Gasteiger partial charge is 0.507 e. The number of benzene rings is 2. The van der Waals surface area contributed by atoms with E-state index in [4.69, 9.17) is 0 Å². The topological polar surface area (TPSA) is 78.8 Å². The first-order chi connectivity index (χ1) is 10.7. The van der Waals surface area contributed by atoms with E-state index in [2.05, 4.69) is 9.93 Å². The van der Waals surface area contributed by atoms with Gasteiger partial charge in [0.25, 0.3) is 10.0 Å². The van der Waals surface area contributed by atoms with Crippen LogP contribution in [-0.2, 0) is 10.0 Å². The molecule has 0 saturated carbocycles. The predicted octanol–water partition coefficient (Wildman–Crippen LogP) is 2.85. The van der Waals surface area contributed by atoms with Crippen LogP contribution in [0.25, 0.3) is 0 Å². The molecule has 2 rings (SSSR count). The number of sulfonamides is 1. The van der Waals surface area contributed by atoms with Gasteiger partial charge in [-0.15, -0.1) is 0 Å². The lowest BCUT2D eigenvalue weighted by atomic mass is 10.1. The molecule has 0 fully saturated rings. The van der Waals surface area contributed by atoms with Crippen molar-refractivity contribution < 1.29 is 17.9 Å². The summed E-state index contributed by atoms with van der Waals surface area (Å²) in [5.74, 6) is -0.733. The van der Waals surface area contributed by atoms with Crippen molar-refractivity contribution in [1.29, 1.82) is 0 Å². The molecule has 2 aromatic carbocycles. The van der Waals surface area contributed by atoms with E-state index in [9.17, 15) is 17.9 Å². The summed E-state index contributed by atoms with van der Waals surface area (Å²) in [6.07, 6.45) is 0. The molecular formula is C16H17FN2O3S. The Morgan fingerprint density at radius 3 is 2.57 bits per heavy atom. The minimum atomic E-state index is -3.85. The molecule has 0 radical (unpaired) electrons. The summed E-state index contributed by atoms with van der Waals surface area (Å²) in [6.45, 7) is 4.95. The van der Waals surface area contributed by atoms with Crippen LogP contribution in [0.3, 0.4) is 0 Å². The van der Waals surface area contributed by atoms with Crippen molar-refractivity contribution >= 4 is 15.7 Å². The van der Waals surface area contributed by atoms with Crippen molar-refractivity contribution in [3.63, 3.8) is 0 Å². The molecule has 0 heterocycles. The number of aromatic hydroxyl groups is 1. The molecule has 122 valence electrons. The second-order valence-electron chi connectivity index (χ2n) is 5.22. The number of nitrogens with zero attached hydrogens (tertiary/aromatic N) is 1. The first kappa shape index (κ1) is 17.0. The lowest BCUT2D eigenvalue weighted by molar-refractivity contribution is 0.471. The van der Waals surface area contributed by atoms with E-state index in [1.54, 1.807) is 26.0 Å². The number of nitrogens with one attached hydrogen (secondary N) is 1. The maximum absolute atomic E-state index is 13.2. The van der Waals surface area contributed by atoms with E-state index in [1.807, 2.05) is 6.07 Å². The molecule has 2 N–H and O–H groups in total. The van der Waals surface area contributed by atoms with Crippen molar-refractivity contribution in [2.75, 3.05) is 0 Å². The van der Waals surface area contributed by atoms with Gasteiger partial charge in [-0.05, 0) is 56.2 Å². The number of phenolic OH excluding ortho intramolecular Hbond substituents is 1. The third-order valence-corrected chi connectivity index (χ3v) is 4.67. The van der Waals surface area contributed by atoms with Gasteiger partial charge in [-0.1, -0.05) is 12.1 Å². The summed E-state index contributed by atoms with van der Waals surface area (Å²) in [6, 6.07) is 8.43. The third-order valence-electron chi connectivity index (χ3n) is 3.32. The predicted molar refractivity (Wildman–Crippen MR) is 86.5 cm³/mol. The maximum Gasteiger partial charge on any atom is 0.276 e. The average molecular weight is 336 g/mol. The fourth-order valence-electron chi connectivity index (χ4n) is 2.03. The molecule has 0 aliphatic carbocycles. The van der Waals surface area contributed by atoms with Crippen molar-refractivity contribution in [2.24, 2.45) is 5.10 Å². The van der Waals surface area contributed by atoms with Gasteiger partial charge in [-0.25, -0.2) is 4.39 Å². The van der Waals surface area contributed by atoms with Crippen LogP contribution in [0.2, 0.25) is 0 Å². The summed E-state index contributed by atoms with van der Waals surface area (Å²) in [7, 11) is -3.85. The van der Waals surface area contributed by atoms with Gasteiger partial charge < -0.3 is 5.11 Å². The van der Waals surface area contributed by atoms with Crippen LogP contribution < -0.4 is 4.83 Å². The van der Waals surface area contributed by atoms with E-state index in [0.29, 0.717) is 5.56 Å². The standard InChI is InChI=1S/C16H17FN2O3S/c1-10-4-5-11(2)16(8-10)23(21,22)19-18-12(3)14-9-13(17)6-7-15(14)20/h4-9,19-20H,1-3H3/b18-12+. The van der Waals surface area contributed by atoms with Gasteiger partial charge in [0.15, 0.2) is 0 Å². The Labute approximate surface area is 134 Å². The molecule has 7 heteroatoms. The molecule has 0 aliphatic heterocycles. The molecule has 5 nitrogen and oxygen atoms in total. The number of rotatable bonds is 4. The Morgan fingerprint density at radius 1 is 1.17 bits per heavy atom. The molecule has 0 aromatic heterocycles. The lowest BCUT2D eigenvalue weighted by Gasteiger charge is -2.09. The van der Waals surface area contributed by atoms with Gasteiger partial charge in [0.1, 0.15) is 11.6 Å². The normalized spacial score (nSPS) is 12.3. The van der Waals surface area contributed by atoms with Crippen LogP contribution in [0.15, 0.2) is 46.4 Å². The molecular weight excluding hydrogens is 319 g/mol. The molecule has 0 aliphatic rings. The fraction of sp³-hybridized carbons (Fsp3) is 0.188. The van der Waals surface area contributed by atoms with Gasteiger partial charge in [0.05, 0.1) is 10.6 Å². The first-order valence-corrected chi connectivity index (χ1v) is 8.31. The molecule has 0 atom stereocenters. The summed E-state index contributed by atoms with van der Waals surface area (Å²) in [5.41, 5.74) is 1.66. The van der Waals surface area contributed by atoms with Crippen molar-refractivity contribution in [3.05, 3.63) is 58.9 Å². The summed E-state index contributed by atoms with van der Waals surface area (Å²) < 4.78 is 37.9. The highest BCUT2D eigenvalue weighted by atomic mass is 32.2. The summed E-state index contributed by atoms with van der Waals surface area (Å²) in [5, 5.41) is 13.5. The fourth-order valence-corrected chi connectivity index (χ4v) is 3.22. The Balaban J connectivity index is 2.34. The zero-order valence-electron chi connectivity index (χ0n) is 13.0. The van der Waals surface area contributed by atoms with E-state index in [1.165, 1.54) is 13.0 Å². The third kappa shape index (κ3) is 3.87. The highest BCUT2D eigenvalue weighted by Gasteiger charge is 2.16. The zero-order valence-corrected chi connectivity index (χ0v) is 13.8. The van der Waals surface area contributed by atoms with Crippen LogP contribution in [0.1, 0.15) is 23.6 Å². The van der Waals surface area contributed by atoms with E-state index in [0.717, 1.165) is 17.7 Å². The zero-order chi connectivity index (χ0) is 17.2. The molecule has 0 unspecified atom stereocenters. The van der Waals surface area contributed by atoms with Crippen LogP contribution in [0.4, 0.5) is 4.39 Å². The van der Waals surface area contributed by atoms with Crippen molar-refractivity contribution in [3.8, 4) is 5.75 Å². The monoisotopic (exact) mass is 336 g/mol. The van der Waals surface area contributed by atoms with Gasteiger partial charge in [0.2, 0.25) is 0 Å². The highest BCUT2D eigenvalue weighted by molar-refractivity contribution is 7.89. The second kappa shape index (κ2) is 6.37. The number of hydrogen-bond acceptors (Lipinski definition) is 4. The second-order valence-corrected chi connectivity index (χ2v) is 6.85. The highest BCUT2D eigenvalue weighted by Crippen LogP contribution is 2.19. The lowest BCUT2D eigenvalue weighted by Crippen LogP contribution is -2.21. The van der Waals surface area contributed by atoms with Crippen LogP contribution in [0, 0.1) is 19.7 Å². The summed E-state index contributed by atoms with van der Waals surface area (Å²) in [4.78, 5) is 2.24. The smallest absolute Gasteiger partial charge is 0.276 e. The summed E-state index contributed by atoms with van der Waals surface area (Å²) >= 11 is 0. The van der Waals surface area contributed by atoms with E-state index < -0.39 is 15.8 Å². The number of phenols is 1. The van der Waals surface area contributed by atoms with Crippen LogP contribution in [-0.4, -0.2) is 19.2 Å². The average Bonchev–Trinajstić information content (AvgIpc) is 2.49. The van der Waals surface area contributed by atoms with Crippen molar-refractivity contribution in [2.45, 2.75) is 25.7 Å². The quantitative estimate of drug-likeness (QED) is 0.665. The Kier molecular flexibility index (Phi) is 4.70. The number of halogens is 1. The Morgan fingerprint density at radius 2 is 1.87 bits per heavy atom. The SMILES string of the molecule is C/C(=N\NS(=O)(=O)c1cc(C)ccc1C)c1cc(F)ccc1O. The Hall–Kier alpha value is -2.41. The first-order valence-electron chi connectivity index (χ1n) is 6.83. The minimum absolute atomic E-state index is 0.119. The van der Waals surface area contributed by atoms with Gasteiger partial charge in [-0.3, -0.25) is 0 Å². The molecule has 0 spiro atoms. The molecule has 0 amide bonds. The van der Waals surface area contributed by atoms with Crippen LogP contribution in [0.5, 0.6) is 5.75 Å². The van der Waals surface area contributed by atoms with Gasteiger partial charge in [0, 0.05) is 5.56 Å². The van der Waals surface area contributed by atoms with Crippen molar-refractivity contribution in [1.82, 2.24) is 4.83 Å². The molecule has 23 heavy (non-hydrogen) atoms. The number of hydrogen-bond donors (Lipinski definition) is 2.